The van der Waals surface area contributed by atoms with Gasteiger partial charge in [0.15, 0.2) is 0 Å². The summed E-state index contributed by atoms with van der Waals surface area (Å²) in [7, 11) is 4.30. The van der Waals surface area contributed by atoms with E-state index in [1.54, 1.807) is 0 Å². The molecule has 2 heteroatoms. The molecule has 0 aromatic heterocycles. The molecule has 1 N–H and O–H groups in total. The van der Waals surface area contributed by atoms with Gasteiger partial charge in [-0.25, -0.2) is 0 Å². The van der Waals surface area contributed by atoms with Crippen molar-refractivity contribution < 1.29 is 9.59 Å². The molecule has 0 fully saturated rings. The first-order chi connectivity index (χ1) is 6.96. The van der Waals surface area contributed by atoms with Crippen LogP contribution in [0.4, 0.5) is 0 Å². The molecule has 84 valence electrons. The minimum absolute atomic E-state index is 0.248. The van der Waals surface area contributed by atoms with Crippen LogP contribution in [-0.2, 0) is 6.54 Å². The Morgan fingerprint density at radius 2 is 1.87 bits per heavy atom. The molecule has 2 nitrogen and oxygen atoms in total. The van der Waals surface area contributed by atoms with Gasteiger partial charge in [-0.3, -0.25) is 0 Å². The van der Waals surface area contributed by atoms with E-state index in [1.165, 1.54) is 16.7 Å². The van der Waals surface area contributed by atoms with Gasteiger partial charge in [0, 0.05) is 5.56 Å². The van der Waals surface area contributed by atoms with Crippen LogP contribution < -0.4 is 0 Å². The fraction of sp³-hybridized carbons (Fsp3) is 0.538. The molecule has 0 bridgehead atoms. The van der Waals surface area contributed by atoms with Gasteiger partial charge in [-0.05, 0) is 25.0 Å². The molecule has 0 aliphatic rings. The number of aliphatic hydroxyl groups is 1. The highest BCUT2D eigenvalue weighted by Crippen LogP contribution is 2.16. The van der Waals surface area contributed by atoms with Gasteiger partial charge >= 0.3 is 0 Å². The average molecular weight is 208 g/mol. The van der Waals surface area contributed by atoms with Crippen molar-refractivity contribution in [3.05, 3.63) is 34.9 Å². The second kappa shape index (κ2) is 4.77. The van der Waals surface area contributed by atoms with Crippen molar-refractivity contribution in [1.82, 2.24) is 0 Å². The monoisotopic (exact) mass is 208 g/mol. The molecular formula is C13H22NO+. The number of aryl methyl sites for hydroxylation is 1. The summed E-state index contributed by atoms with van der Waals surface area (Å²) < 4.78 is 0.834. The number of aliphatic hydroxyl groups excluding tert-OH is 1. The molecule has 0 aliphatic carbocycles. The van der Waals surface area contributed by atoms with E-state index >= 15 is 0 Å². The first kappa shape index (κ1) is 12.2. The zero-order valence-electron chi connectivity index (χ0n) is 10.2. The summed E-state index contributed by atoms with van der Waals surface area (Å²) in [5.74, 6) is 0. The van der Waals surface area contributed by atoms with E-state index in [0.717, 1.165) is 17.6 Å². The van der Waals surface area contributed by atoms with Gasteiger partial charge in [0.2, 0.25) is 0 Å². The van der Waals surface area contributed by atoms with Gasteiger partial charge in [0.25, 0.3) is 0 Å². The fourth-order valence-corrected chi connectivity index (χ4v) is 1.79. The highest BCUT2D eigenvalue weighted by Gasteiger charge is 2.16. The van der Waals surface area contributed by atoms with Crippen LogP contribution in [0.15, 0.2) is 18.2 Å². The molecule has 1 aromatic rings. The largest absolute Gasteiger partial charge is 0.391 e. The van der Waals surface area contributed by atoms with Crippen molar-refractivity contribution >= 4 is 0 Å². The molecule has 0 amide bonds. The van der Waals surface area contributed by atoms with E-state index in [0.29, 0.717) is 0 Å². The first-order valence-electron chi connectivity index (χ1n) is 5.44. The van der Waals surface area contributed by atoms with Crippen molar-refractivity contribution in [2.75, 3.05) is 27.2 Å². The Bertz CT molecular complexity index is 331. The minimum Gasteiger partial charge on any atom is -0.391 e. The maximum Gasteiger partial charge on any atom is 0.104 e. The highest BCUT2D eigenvalue weighted by atomic mass is 16.3. The van der Waals surface area contributed by atoms with E-state index in [1.807, 2.05) is 0 Å². The quantitative estimate of drug-likeness (QED) is 0.749. The Hall–Kier alpha value is -0.860. The molecule has 15 heavy (non-hydrogen) atoms. The Morgan fingerprint density at radius 1 is 1.20 bits per heavy atom. The summed E-state index contributed by atoms with van der Waals surface area (Å²) >= 11 is 0. The zero-order valence-corrected chi connectivity index (χ0v) is 10.2. The highest BCUT2D eigenvalue weighted by molar-refractivity contribution is 5.32. The smallest absolute Gasteiger partial charge is 0.104 e. The number of rotatable bonds is 4. The van der Waals surface area contributed by atoms with E-state index < -0.39 is 0 Å². The molecule has 0 saturated heterocycles. The van der Waals surface area contributed by atoms with Gasteiger partial charge in [-0.1, -0.05) is 18.2 Å². The lowest BCUT2D eigenvalue weighted by molar-refractivity contribution is -0.903. The predicted molar refractivity (Wildman–Crippen MR) is 63.7 cm³/mol. The van der Waals surface area contributed by atoms with Crippen LogP contribution in [0.5, 0.6) is 0 Å². The molecule has 0 radical (unpaired) electrons. The molecule has 0 aliphatic heterocycles. The lowest BCUT2D eigenvalue weighted by atomic mass is 10.0. The zero-order chi connectivity index (χ0) is 11.5. The second-order valence-electron chi connectivity index (χ2n) is 4.90. The summed E-state index contributed by atoms with van der Waals surface area (Å²) in [5.41, 5.74) is 4.10. The lowest BCUT2D eigenvalue weighted by Gasteiger charge is -2.29. The summed E-state index contributed by atoms with van der Waals surface area (Å²) in [4.78, 5) is 0. The predicted octanol–water partition coefficient (Wildman–Crippen LogP) is 1.87. The number of hydrogen-bond acceptors (Lipinski definition) is 1. The first-order valence-corrected chi connectivity index (χ1v) is 5.44. The molecule has 1 aromatic carbocycles. The molecule has 0 unspecified atom stereocenters. The topological polar surface area (TPSA) is 20.2 Å². The fourth-order valence-electron chi connectivity index (χ4n) is 1.79. The van der Waals surface area contributed by atoms with Gasteiger partial charge in [0.05, 0.1) is 20.7 Å². The average Bonchev–Trinajstić information content (AvgIpc) is 2.12. The van der Waals surface area contributed by atoms with E-state index in [9.17, 15) is 0 Å². The van der Waals surface area contributed by atoms with Crippen LogP contribution in [0.3, 0.4) is 0 Å². The van der Waals surface area contributed by atoms with Gasteiger partial charge < -0.3 is 9.59 Å². The maximum atomic E-state index is 8.99. The minimum atomic E-state index is 0.248. The van der Waals surface area contributed by atoms with Crippen LogP contribution in [0.1, 0.15) is 16.7 Å². The van der Waals surface area contributed by atoms with Crippen LogP contribution in [-0.4, -0.2) is 36.8 Å². The SMILES string of the molecule is Cc1cccc(C[N+](C)(C)CCO)c1C. The molecular weight excluding hydrogens is 186 g/mol. The molecule has 0 heterocycles. The van der Waals surface area contributed by atoms with Gasteiger partial charge in [-0.2, -0.15) is 0 Å². The summed E-state index contributed by atoms with van der Waals surface area (Å²) in [6, 6.07) is 6.43. The van der Waals surface area contributed by atoms with Crippen molar-refractivity contribution in [3.63, 3.8) is 0 Å². The van der Waals surface area contributed by atoms with Crippen LogP contribution >= 0.6 is 0 Å². The number of nitrogens with zero attached hydrogens (tertiary/aromatic N) is 1. The van der Waals surface area contributed by atoms with Crippen molar-refractivity contribution in [3.8, 4) is 0 Å². The number of hydrogen-bond donors (Lipinski definition) is 1. The van der Waals surface area contributed by atoms with E-state index in [-0.39, 0.29) is 6.61 Å². The third-order valence-electron chi connectivity index (χ3n) is 3.02. The summed E-state index contributed by atoms with van der Waals surface area (Å²) in [5, 5.41) is 8.99. The number of likely N-dealkylation sites (N-methyl/N-ethyl adjacent to an activating group) is 1. The third-order valence-corrected chi connectivity index (χ3v) is 3.02. The van der Waals surface area contributed by atoms with E-state index in [2.05, 4.69) is 46.1 Å². The van der Waals surface area contributed by atoms with Crippen LogP contribution in [0, 0.1) is 13.8 Å². The molecule has 0 saturated carbocycles. The van der Waals surface area contributed by atoms with E-state index in [4.69, 9.17) is 5.11 Å². The molecule has 0 spiro atoms. The molecule has 1 rings (SSSR count). The Labute approximate surface area is 92.8 Å². The Kier molecular flexibility index (Phi) is 3.89. The van der Waals surface area contributed by atoms with Gasteiger partial charge in [0.1, 0.15) is 13.1 Å². The molecule has 0 atom stereocenters. The standard InChI is InChI=1S/C13H22NO/c1-11-6-5-7-13(12(11)2)10-14(3,4)8-9-15/h5-7,15H,8-10H2,1-4H3/q+1. The third kappa shape index (κ3) is 3.33. The maximum absolute atomic E-state index is 8.99. The van der Waals surface area contributed by atoms with Gasteiger partial charge in [-0.15, -0.1) is 0 Å². The van der Waals surface area contributed by atoms with Crippen molar-refractivity contribution in [2.45, 2.75) is 20.4 Å². The number of quaternary nitrogens is 1. The van der Waals surface area contributed by atoms with Crippen LogP contribution in [0.25, 0.3) is 0 Å². The Morgan fingerprint density at radius 3 is 2.47 bits per heavy atom. The normalized spacial score (nSPS) is 11.8. The summed E-state index contributed by atoms with van der Waals surface area (Å²) in [6.07, 6.45) is 0. The van der Waals surface area contributed by atoms with Crippen molar-refractivity contribution in [2.24, 2.45) is 0 Å². The second-order valence-corrected chi connectivity index (χ2v) is 4.90. The summed E-state index contributed by atoms with van der Waals surface area (Å²) in [6.45, 7) is 6.34. The van der Waals surface area contributed by atoms with Crippen LogP contribution in [0.2, 0.25) is 0 Å². The number of benzene rings is 1. The lowest BCUT2D eigenvalue weighted by Crippen LogP contribution is -2.41. The van der Waals surface area contributed by atoms with Crippen molar-refractivity contribution in [1.29, 1.82) is 0 Å². The Balaban J connectivity index is 2.85.